The van der Waals surface area contributed by atoms with Crippen LogP contribution in [-0.4, -0.2) is 28.9 Å². The predicted octanol–water partition coefficient (Wildman–Crippen LogP) is 2.93. The molecule has 8 heteroatoms. The highest BCUT2D eigenvalue weighted by Gasteiger charge is 2.06. The van der Waals surface area contributed by atoms with Gasteiger partial charge < -0.3 is 14.9 Å². The number of amides is 1. The topological polar surface area (TPSA) is 91.2 Å². The quantitative estimate of drug-likeness (QED) is 0.568. The number of benzene rings is 2. The molecule has 0 aliphatic carbocycles. The summed E-state index contributed by atoms with van der Waals surface area (Å²) in [5.74, 6) is -0.416. The molecule has 2 rings (SSSR count). The summed E-state index contributed by atoms with van der Waals surface area (Å²) in [6.45, 7) is -0.291. The van der Waals surface area contributed by atoms with Crippen molar-refractivity contribution in [2.45, 2.75) is 0 Å². The van der Waals surface area contributed by atoms with E-state index in [1.807, 2.05) is 0 Å². The van der Waals surface area contributed by atoms with Gasteiger partial charge in [-0.05, 0) is 30.3 Å². The molecule has 0 spiro atoms. The molecule has 2 aromatic carbocycles. The average molecular weight is 355 g/mol. The van der Waals surface area contributed by atoms with Gasteiger partial charge in [-0.1, -0.05) is 23.2 Å². The van der Waals surface area contributed by atoms with Crippen LogP contribution in [0.15, 0.2) is 41.5 Å². The molecule has 0 radical (unpaired) electrons. The van der Waals surface area contributed by atoms with E-state index in [1.54, 1.807) is 12.1 Å². The maximum Gasteiger partial charge on any atom is 0.277 e. The van der Waals surface area contributed by atoms with E-state index >= 15 is 0 Å². The van der Waals surface area contributed by atoms with Crippen molar-refractivity contribution in [3.63, 3.8) is 0 Å². The molecular formula is C15H12Cl2N2O4. The SMILES string of the molecule is O=C(COc1ccc(Cl)cc1Cl)NN=Cc1ccc(O)cc1O. The molecule has 0 saturated heterocycles. The van der Waals surface area contributed by atoms with E-state index in [0.29, 0.717) is 21.4 Å². The third kappa shape index (κ3) is 5.05. The number of nitrogens with one attached hydrogen (secondary N) is 1. The van der Waals surface area contributed by atoms with Gasteiger partial charge in [-0.25, -0.2) is 5.43 Å². The molecule has 0 aliphatic rings. The monoisotopic (exact) mass is 354 g/mol. The van der Waals surface area contributed by atoms with E-state index < -0.39 is 5.91 Å². The Labute approximate surface area is 141 Å². The van der Waals surface area contributed by atoms with Gasteiger partial charge in [0, 0.05) is 16.7 Å². The van der Waals surface area contributed by atoms with Crippen molar-refractivity contribution in [1.29, 1.82) is 0 Å². The van der Waals surface area contributed by atoms with Crippen molar-refractivity contribution >= 4 is 35.3 Å². The standard InChI is InChI=1S/C15H12Cl2N2O4/c16-10-2-4-14(12(17)5-10)23-8-15(22)19-18-7-9-1-3-11(20)6-13(9)21/h1-7,20-21H,8H2,(H,19,22). The van der Waals surface area contributed by atoms with Crippen molar-refractivity contribution in [2.24, 2.45) is 5.10 Å². The van der Waals surface area contributed by atoms with E-state index in [0.717, 1.165) is 6.07 Å². The second-order valence-electron chi connectivity index (χ2n) is 4.40. The molecule has 23 heavy (non-hydrogen) atoms. The molecule has 2 aromatic rings. The summed E-state index contributed by atoms with van der Waals surface area (Å²) in [4.78, 5) is 11.6. The summed E-state index contributed by atoms with van der Waals surface area (Å²) < 4.78 is 5.24. The fourth-order valence-corrected chi connectivity index (χ4v) is 2.05. The predicted molar refractivity (Wildman–Crippen MR) is 87.5 cm³/mol. The number of carbonyl (C=O) groups excluding carboxylic acids is 1. The highest BCUT2D eigenvalue weighted by Crippen LogP contribution is 2.27. The van der Waals surface area contributed by atoms with Crippen LogP contribution in [0.5, 0.6) is 17.2 Å². The summed E-state index contributed by atoms with van der Waals surface area (Å²) in [6, 6.07) is 8.64. The van der Waals surface area contributed by atoms with Crippen molar-refractivity contribution in [3.05, 3.63) is 52.0 Å². The van der Waals surface area contributed by atoms with E-state index in [9.17, 15) is 9.90 Å². The van der Waals surface area contributed by atoms with Crippen molar-refractivity contribution in [3.8, 4) is 17.2 Å². The molecule has 0 atom stereocenters. The van der Waals surface area contributed by atoms with Gasteiger partial charge in [0.2, 0.25) is 0 Å². The largest absolute Gasteiger partial charge is 0.508 e. The Morgan fingerprint density at radius 2 is 2.00 bits per heavy atom. The fraction of sp³-hybridized carbons (Fsp3) is 0.0667. The third-order valence-corrected chi connectivity index (χ3v) is 3.19. The summed E-state index contributed by atoms with van der Waals surface area (Å²) in [7, 11) is 0. The number of phenolic OH excluding ortho intramolecular Hbond substituents is 2. The van der Waals surface area contributed by atoms with E-state index in [-0.39, 0.29) is 18.1 Å². The van der Waals surface area contributed by atoms with Gasteiger partial charge in [-0.2, -0.15) is 5.10 Å². The second-order valence-corrected chi connectivity index (χ2v) is 5.24. The van der Waals surface area contributed by atoms with Gasteiger partial charge in [0.25, 0.3) is 5.91 Å². The number of hydrazone groups is 1. The first-order chi connectivity index (χ1) is 11.0. The van der Waals surface area contributed by atoms with Gasteiger partial charge in [0.1, 0.15) is 17.2 Å². The van der Waals surface area contributed by atoms with E-state index in [2.05, 4.69) is 10.5 Å². The maximum atomic E-state index is 11.6. The molecule has 0 aromatic heterocycles. The minimum atomic E-state index is -0.509. The summed E-state index contributed by atoms with van der Waals surface area (Å²) in [6.07, 6.45) is 1.24. The summed E-state index contributed by atoms with van der Waals surface area (Å²) >= 11 is 11.7. The Morgan fingerprint density at radius 3 is 2.70 bits per heavy atom. The van der Waals surface area contributed by atoms with Crippen LogP contribution < -0.4 is 10.2 Å². The molecule has 0 fully saturated rings. The van der Waals surface area contributed by atoms with Crippen LogP contribution in [-0.2, 0) is 4.79 Å². The number of rotatable bonds is 5. The van der Waals surface area contributed by atoms with Crippen LogP contribution in [0, 0.1) is 0 Å². The lowest BCUT2D eigenvalue weighted by atomic mass is 10.2. The molecule has 0 unspecified atom stereocenters. The lowest BCUT2D eigenvalue weighted by Gasteiger charge is -2.07. The van der Waals surface area contributed by atoms with Crippen molar-refractivity contribution in [2.75, 3.05) is 6.61 Å². The Morgan fingerprint density at radius 1 is 1.22 bits per heavy atom. The molecule has 120 valence electrons. The number of aromatic hydroxyl groups is 2. The molecular weight excluding hydrogens is 343 g/mol. The molecule has 0 bridgehead atoms. The molecule has 0 heterocycles. The molecule has 3 N–H and O–H groups in total. The lowest BCUT2D eigenvalue weighted by molar-refractivity contribution is -0.123. The normalized spacial score (nSPS) is 10.7. The molecule has 1 amide bonds. The Bertz CT molecular complexity index is 750. The zero-order valence-electron chi connectivity index (χ0n) is 11.7. The van der Waals surface area contributed by atoms with Crippen LogP contribution in [0.2, 0.25) is 10.0 Å². The Kier molecular flexibility index (Phi) is 5.67. The van der Waals surface area contributed by atoms with Crippen LogP contribution in [0.25, 0.3) is 0 Å². The second kappa shape index (κ2) is 7.71. The van der Waals surface area contributed by atoms with Gasteiger partial charge in [-0.15, -0.1) is 0 Å². The van der Waals surface area contributed by atoms with Crippen LogP contribution in [0.4, 0.5) is 0 Å². The van der Waals surface area contributed by atoms with Gasteiger partial charge >= 0.3 is 0 Å². The minimum absolute atomic E-state index is 0.0723. The number of hydrogen-bond donors (Lipinski definition) is 3. The third-order valence-electron chi connectivity index (χ3n) is 2.66. The number of carbonyl (C=O) groups is 1. The first-order valence-electron chi connectivity index (χ1n) is 6.37. The summed E-state index contributed by atoms with van der Waals surface area (Å²) in [5, 5.41) is 23.1. The fourth-order valence-electron chi connectivity index (χ4n) is 1.58. The Balaban J connectivity index is 1.86. The zero-order chi connectivity index (χ0) is 16.8. The maximum absolute atomic E-state index is 11.6. The van der Waals surface area contributed by atoms with Crippen LogP contribution >= 0.6 is 23.2 Å². The van der Waals surface area contributed by atoms with Crippen molar-refractivity contribution < 1.29 is 19.7 Å². The lowest BCUT2D eigenvalue weighted by Crippen LogP contribution is -2.24. The van der Waals surface area contributed by atoms with Crippen LogP contribution in [0.1, 0.15) is 5.56 Å². The smallest absolute Gasteiger partial charge is 0.277 e. The first-order valence-corrected chi connectivity index (χ1v) is 7.13. The minimum Gasteiger partial charge on any atom is -0.508 e. The number of ether oxygens (including phenoxy) is 1. The van der Waals surface area contributed by atoms with Crippen LogP contribution in [0.3, 0.4) is 0 Å². The zero-order valence-corrected chi connectivity index (χ0v) is 13.2. The van der Waals surface area contributed by atoms with Crippen molar-refractivity contribution in [1.82, 2.24) is 5.43 Å². The first kappa shape index (κ1) is 16.9. The van der Waals surface area contributed by atoms with E-state index in [4.69, 9.17) is 33.0 Å². The molecule has 0 aliphatic heterocycles. The highest BCUT2D eigenvalue weighted by atomic mass is 35.5. The average Bonchev–Trinajstić information content (AvgIpc) is 2.48. The number of hydrogen-bond acceptors (Lipinski definition) is 5. The molecule has 6 nitrogen and oxygen atoms in total. The highest BCUT2D eigenvalue weighted by molar-refractivity contribution is 6.35. The Hall–Kier alpha value is -2.44. The van der Waals surface area contributed by atoms with Gasteiger partial charge in [0.05, 0.1) is 11.2 Å². The number of halogens is 2. The van der Waals surface area contributed by atoms with Gasteiger partial charge in [0.15, 0.2) is 6.61 Å². The van der Waals surface area contributed by atoms with E-state index in [1.165, 1.54) is 24.4 Å². The number of nitrogens with zero attached hydrogens (tertiary/aromatic N) is 1. The molecule has 0 saturated carbocycles. The number of phenols is 2. The van der Waals surface area contributed by atoms with Gasteiger partial charge in [-0.3, -0.25) is 4.79 Å². The summed E-state index contributed by atoms with van der Waals surface area (Å²) in [5.41, 5.74) is 2.57.